The van der Waals surface area contributed by atoms with Gasteiger partial charge in [0.1, 0.15) is 0 Å². The third-order valence-corrected chi connectivity index (χ3v) is 1.33. The van der Waals surface area contributed by atoms with Crippen LogP contribution in [0.15, 0.2) is 4.99 Å². The number of nitrogens with zero attached hydrogens (tertiary/aromatic N) is 1. The van der Waals surface area contributed by atoms with Crippen molar-refractivity contribution in [2.45, 2.75) is 32.7 Å². The molecular weight excluding hydrogens is 158 g/mol. The van der Waals surface area contributed by atoms with E-state index in [1.165, 1.54) is 13.0 Å². The molecule has 0 unspecified atom stereocenters. The summed E-state index contributed by atoms with van der Waals surface area (Å²) in [5.74, 6) is -0.466. The standard InChI is InChI=1S/C8H13NO3/c1-3-4-5-12-8(11)7(2)9-6-10/h7H,3-5H2,1-2H3/t7-/m0/s1. The van der Waals surface area contributed by atoms with Gasteiger partial charge in [-0.25, -0.2) is 9.59 Å². The monoisotopic (exact) mass is 171 g/mol. The maximum Gasteiger partial charge on any atom is 0.331 e. The van der Waals surface area contributed by atoms with Crippen molar-refractivity contribution in [1.82, 2.24) is 0 Å². The molecule has 0 heterocycles. The highest BCUT2D eigenvalue weighted by atomic mass is 16.5. The minimum atomic E-state index is -0.723. The van der Waals surface area contributed by atoms with Crippen LogP contribution in [-0.2, 0) is 14.3 Å². The lowest BCUT2D eigenvalue weighted by Gasteiger charge is -2.04. The summed E-state index contributed by atoms with van der Waals surface area (Å²) in [7, 11) is 0. The quantitative estimate of drug-likeness (QED) is 0.269. The molecule has 0 aliphatic heterocycles. The molecule has 1 atom stereocenters. The minimum Gasteiger partial charge on any atom is -0.464 e. The fourth-order valence-corrected chi connectivity index (χ4v) is 0.569. The molecule has 0 saturated heterocycles. The Labute approximate surface area is 71.6 Å². The first-order chi connectivity index (χ1) is 5.72. The molecule has 0 aliphatic carbocycles. The van der Waals surface area contributed by atoms with Gasteiger partial charge in [-0.1, -0.05) is 13.3 Å². The molecule has 0 aromatic carbocycles. The summed E-state index contributed by atoms with van der Waals surface area (Å²) in [6.07, 6.45) is 3.12. The lowest BCUT2D eigenvalue weighted by molar-refractivity contribution is -0.144. The molecule has 68 valence electrons. The summed E-state index contributed by atoms with van der Waals surface area (Å²) in [6.45, 7) is 3.90. The van der Waals surface area contributed by atoms with Gasteiger partial charge in [-0.05, 0) is 13.3 Å². The topological polar surface area (TPSA) is 55.7 Å². The van der Waals surface area contributed by atoms with Gasteiger partial charge < -0.3 is 4.74 Å². The summed E-state index contributed by atoms with van der Waals surface area (Å²) in [5, 5.41) is 0. The second-order valence-corrected chi connectivity index (χ2v) is 2.42. The van der Waals surface area contributed by atoms with Crippen molar-refractivity contribution in [1.29, 1.82) is 0 Å². The molecule has 0 rings (SSSR count). The molecule has 0 spiro atoms. The van der Waals surface area contributed by atoms with Crippen LogP contribution in [0.2, 0.25) is 0 Å². The van der Waals surface area contributed by atoms with Crippen LogP contribution >= 0.6 is 0 Å². The smallest absolute Gasteiger partial charge is 0.331 e. The highest BCUT2D eigenvalue weighted by molar-refractivity contribution is 5.76. The third-order valence-electron chi connectivity index (χ3n) is 1.33. The predicted octanol–water partition coefficient (Wildman–Crippen LogP) is 1.05. The number of rotatable bonds is 5. The van der Waals surface area contributed by atoms with Gasteiger partial charge in [-0.3, -0.25) is 0 Å². The number of ether oxygens (including phenoxy) is 1. The van der Waals surface area contributed by atoms with Crippen molar-refractivity contribution < 1.29 is 14.3 Å². The van der Waals surface area contributed by atoms with Gasteiger partial charge in [-0.15, -0.1) is 0 Å². The lowest BCUT2D eigenvalue weighted by atomic mass is 10.3. The first-order valence-corrected chi connectivity index (χ1v) is 3.96. The number of aliphatic imine (C=N–C) groups is 1. The summed E-state index contributed by atoms with van der Waals surface area (Å²) in [5.41, 5.74) is 0. The number of carbonyl (C=O) groups excluding carboxylic acids is 2. The lowest BCUT2D eigenvalue weighted by Crippen LogP contribution is -2.18. The zero-order valence-electron chi connectivity index (χ0n) is 7.37. The van der Waals surface area contributed by atoms with Gasteiger partial charge in [0.15, 0.2) is 6.04 Å². The maximum atomic E-state index is 10.9. The number of esters is 1. The van der Waals surface area contributed by atoms with E-state index >= 15 is 0 Å². The molecule has 4 heteroatoms. The molecule has 0 amide bonds. The number of isocyanates is 1. The summed E-state index contributed by atoms with van der Waals surface area (Å²) in [4.78, 5) is 23.9. The fraction of sp³-hybridized carbons (Fsp3) is 0.750. The Kier molecular flexibility index (Phi) is 5.93. The summed E-state index contributed by atoms with van der Waals surface area (Å²) < 4.78 is 4.79. The Hall–Kier alpha value is -1.15. The molecule has 0 saturated carbocycles. The van der Waals surface area contributed by atoms with Crippen LogP contribution in [0.1, 0.15) is 26.7 Å². The summed E-state index contributed by atoms with van der Waals surface area (Å²) >= 11 is 0. The Morgan fingerprint density at radius 1 is 1.67 bits per heavy atom. The predicted molar refractivity (Wildman–Crippen MR) is 43.5 cm³/mol. The van der Waals surface area contributed by atoms with Gasteiger partial charge >= 0.3 is 5.97 Å². The molecular formula is C8H13NO3. The Morgan fingerprint density at radius 2 is 2.33 bits per heavy atom. The number of hydrogen-bond acceptors (Lipinski definition) is 4. The van der Waals surface area contributed by atoms with Crippen LogP contribution in [0.5, 0.6) is 0 Å². The Bertz CT molecular complexity index is 185. The first-order valence-electron chi connectivity index (χ1n) is 3.96. The number of carbonyl (C=O) groups is 1. The molecule has 0 bridgehead atoms. The average molecular weight is 171 g/mol. The van der Waals surface area contributed by atoms with Crippen LogP contribution in [0.25, 0.3) is 0 Å². The fourth-order valence-electron chi connectivity index (χ4n) is 0.569. The van der Waals surface area contributed by atoms with Crippen LogP contribution in [0.3, 0.4) is 0 Å². The van der Waals surface area contributed by atoms with Crippen molar-refractivity contribution in [3.63, 3.8) is 0 Å². The van der Waals surface area contributed by atoms with Crippen LogP contribution < -0.4 is 0 Å². The van der Waals surface area contributed by atoms with Crippen molar-refractivity contribution in [3.8, 4) is 0 Å². The Morgan fingerprint density at radius 3 is 2.83 bits per heavy atom. The first kappa shape index (κ1) is 10.8. The highest BCUT2D eigenvalue weighted by Crippen LogP contribution is 1.95. The van der Waals surface area contributed by atoms with Crippen molar-refractivity contribution >= 4 is 12.0 Å². The Balaban J connectivity index is 3.64. The largest absolute Gasteiger partial charge is 0.464 e. The van der Waals surface area contributed by atoms with E-state index < -0.39 is 12.0 Å². The van der Waals surface area contributed by atoms with Crippen molar-refractivity contribution in [2.24, 2.45) is 4.99 Å². The zero-order valence-corrected chi connectivity index (χ0v) is 7.37. The van der Waals surface area contributed by atoms with E-state index in [2.05, 4.69) is 4.99 Å². The average Bonchev–Trinajstić information content (AvgIpc) is 2.05. The van der Waals surface area contributed by atoms with Gasteiger partial charge in [0.05, 0.1) is 6.61 Å². The molecule has 0 aromatic rings. The molecule has 0 N–H and O–H groups in total. The van der Waals surface area contributed by atoms with E-state index in [1.807, 2.05) is 6.92 Å². The molecule has 0 fully saturated rings. The van der Waals surface area contributed by atoms with E-state index in [4.69, 9.17) is 4.74 Å². The van der Waals surface area contributed by atoms with Crippen LogP contribution in [0, 0.1) is 0 Å². The second-order valence-electron chi connectivity index (χ2n) is 2.42. The maximum absolute atomic E-state index is 10.9. The van der Waals surface area contributed by atoms with Gasteiger partial charge in [0.25, 0.3) is 0 Å². The zero-order chi connectivity index (χ0) is 9.40. The molecule has 0 radical (unpaired) electrons. The second kappa shape index (κ2) is 6.55. The SMILES string of the molecule is CCCCOC(=O)[C@H](C)N=C=O. The highest BCUT2D eigenvalue weighted by Gasteiger charge is 2.11. The minimum absolute atomic E-state index is 0.397. The van der Waals surface area contributed by atoms with Crippen LogP contribution in [0.4, 0.5) is 0 Å². The van der Waals surface area contributed by atoms with E-state index in [0.29, 0.717) is 6.61 Å². The van der Waals surface area contributed by atoms with E-state index in [9.17, 15) is 9.59 Å². The van der Waals surface area contributed by atoms with E-state index in [-0.39, 0.29) is 0 Å². The van der Waals surface area contributed by atoms with E-state index in [0.717, 1.165) is 12.8 Å². The van der Waals surface area contributed by atoms with Gasteiger partial charge in [0, 0.05) is 0 Å². The van der Waals surface area contributed by atoms with Crippen LogP contribution in [-0.4, -0.2) is 24.7 Å². The molecule has 0 aromatic heterocycles. The van der Waals surface area contributed by atoms with Crippen molar-refractivity contribution in [3.05, 3.63) is 0 Å². The number of unbranched alkanes of at least 4 members (excludes halogenated alkanes) is 1. The summed E-state index contributed by atoms with van der Waals surface area (Å²) in [6, 6.07) is -0.723. The molecule has 0 aliphatic rings. The normalized spacial score (nSPS) is 11.5. The van der Waals surface area contributed by atoms with Crippen molar-refractivity contribution in [2.75, 3.05) is 6.61 Å². The number of hydrogen-bond donors (Lipinski definition) is 0. The van der Waals surface area contributed by atoms with E-state index in [1.54, 1.807) is 0 Å². The van der Waals surface area contributed by atoms with Gasteiger partial charge in [-0.2, -0.15) is 4.99 Å². The molecule has 4 nitrogen and oxygen atoms in total. The van der Waals surface area contributed by atoms with Gasteiger partial charge in [0.2, 0.25) is 6.08 Å². The third kappa shape index (κ3) is 4.63. The molecule has 12 heavy (non-hydrogen) atoms.